The number of nitrogens with one attached hydrogen (secondary N) is 1. The molecule has 1 N–H and O–H groups in total. The zero-order chi connectivity index (χ0) is 9.84. The first-order chi connectivity index (χ1) is 6.15. The van der Waals surface area contributed by atoms with E-state index in [0.29, 0.717) is 0 Å². The molecule has 1 unspecified atom stereocenters. The standard InChI is InChI=1S/C9H15NO3/c1-6(11)10-8(9(12)13-2)7-4-3-5-7/h7-8H,3-5H2,1-2H3,(H,10,11). The molecule has 0 saturated heterocycles. The number of hydrogen-bond acceptors (Lipinski definition) is 3. The zero-order valence-corrected chi connectivity index (χ0v) is 8.00. The van der Waals surface area contributed by atoms with Crippen molar-refractivity contribution in [3.05, 3.63) is 0 Å². The SMILES string of the molecule is COC(=O)C(NC(C)=O)C1CCC1. The van der Waals surface area contributed by atoms with Gasteiger partial charge >= 0.3 is 5.97 Å². The molecule has 1 fully saturated rings. The summed E-state index contributed by atoms with van der Waals surface area (Å²) in [4.78, 5) is 22.0. The van der Waals surface area contributed by atoms with Crippen LogP contribution in [0.5, 0.6) is 0 Å². The van der Waals surface area contributed by atoms with Gasteiger partial charge in [-0.25, -0.2) is 4.79 Å². The van der Waals surface area contributed by atoms with Crippen LogP contribution in [0.2, 0.25) is 0 Å². The Balaban J connectivity index is 2.52. The monoisotopic (exact) mass is 185 g/mol. The summed E-state index contributed by atoms with van der Waals surface area (Å²) >= 11 is 0. The maximum absolute atomic E-state index is 11.2. The molecule has 0 radical (unpaired) electrons. The Labute approximate surface area is 77.6 Å². The predicted molar refractivity (Wildman–Crippen MR) is 47.0 cm³/mol. The van der Waals surface area contributed by atoms with Crippen molar-refractivity contribution in [2.45, 2.75) is 32.2 Å². The molecule has 1 aliphatic rings. The summed E-state index contributed by atoms with van der Waals surface area (Å²) in [5.74, 6) is -0.237. The van der Waals surface area contributed by atoms with Crippen molar-refractivity contribution in [3.63, 3.8) is 0 Å². The van der Waals surface area contributed by atoms with E-state index >= 15 is 0 Å². The molecule has 13 heavy (non-hydrogen) atoms. The normalized spacial score (nSPS) is 18.6. The van der Waals surface area contributed by atoms with E-state index in [2.05, 4.69) is 10.1 Å². The first kappa shape index (κ1) is 10.0. The molecule has 4 nitrogen and oxygen atoms in total. The first-order valence-electron chi connectivity index (χ1n) is 4.50. The number of hydrogen-bond donors (Lipinski definition) is 1. The molecule has 0 bridgehead atoms. The molecule has 0 heterocycles. The van der Waals surface area contributed by atoms with E-state index in [4.69, 9.17) is 0 Å². The topological polar surface area (TPSA) is 55.4 Å². The lowest BCUT2D eigenvalue weighted by Crippen LogP contribution is -2.47. The molecule has 74 valence electrons. The third kappa shape index (κ3) is 2.44. The van der Waals surface area contributed by atoms with Crippen LogP contribution < -0.4 is 5.32 Å². The Kier molecular flexibility index (Phi) is 3.28. The molecule has 0 aromatic heterocycles. The summed E-state index contributed by atoms with van der Waals surface area (Å²) in [6, 6.07) is -0.434. The molecule has 1 atom stereocenters. The third-order valence-electron chi connectivity index (χ3n) is 2.44. The Morgan fingerprint density at radius 1 is 1.46 bits per heavy atom. The summed E-state index contributed by atoms with van der Waals surface area (Å²) in [6.45, 7) is 1.41. The van der Waals surface area contributed by atoms with Gasteiger partial charge in [-0.3, -0.25) is 4.79 Å². The molecular weight excluding hydrogens is 170 g/mol. The van der Waals surface area contributed by atoms with Crippen LogP contribution in [0.4, 0.5) is 0 Å². The molecule has 0 aliphatic heterocycles. The Morgan fingerprint density at radius 3 is 2.38 bits per heavy atom. The molecule has 0 spiro atoms. The largest absolute Gasteiger partial charge is 0.467 e. The molecular formula is C9H15NO3. The van der Waals surface area contributed by atoms with Crippen molar-refractivity contribution >= 4 is 11.9 Å². The van der Waals surface area contributed by atoms with Crippen LogP contribution in [0.15, 0.2) is 0 Å². The minimum Gasteiger partial charge on any atom is -0.467 e. The summed E-state index contributed by atoms with van der Waals surface area (Å²) < 4.78 is 4.62. The van der Waals surface area contributed by atoms with Gasteiger partial charge in [-0.2, -0.15) is 0 Å². The van der Waals surface area contributed by atoms with E-state index in [0.717, 1.165) is 19.3 Å². The number of amides is 1. The van der Waals surface area contributed by atoms with E-state index in [9.17, 15) is 9.59 Å². The van der Waals surface area contributed by atoms with Gasteiger partial charge in [0.05, 0.1) is 7.11 Å². The highest BCUT2D eigenvalue weighted by molar-refractivity contribution is 5.83. The lowest BCUT2D eigenvalue weighted by molar-refractivity contribution is -0.147. The van der Waals surface area contributed by atoms with E-state index in [1.54, 1.807) is 0 Å². The number of methoxy groups -OCH3 is 1. The van der Waals surface area contributed by atoms with Crippen LogP contribution in [-0.4, -0.2) is 25.0 Å². The molecule has 1 aliphatic carbocycles. The average molecular weight is 185 g/mol. The van der Waals surface area contributed by atoms with Crippen molar-refractivity contribution in [1.82, 2.24) is 5.32 Å². The van der Waals surface area contributed by atoms with E-state index in [-0.39, 0.29) is 17.8 Å². The summed E-state index contributed by atoms with van der Waals surface area (Å²) in [7, 11) is 1.34. The quantitative estimate of drug-likeness (QED) is 0.650. The average Bonchev–Trinajstić information content (AvgIpc) is 1.98. The maximum atomic E-state index is 11.2. The zero-order valence-electron chi connectivity index (χ0n) is 8.00. The number of ether oxygens (including phenoxy) is 1. The Hall–Kier alpha value is -1.06. The minimum atomic E-state index is -0.434. The summed E-state index contributed by atoms with van der Waals surface area (Å²) in [6.07, 6.45) is 3.14. The lowest BCUT2D eigenvalue weighted by atomic mass is 9.79. The van der Waals surface area contributed by atoms with Crippen LogP contribution in [0.3, 0.4) is 0 Å². The molecule has 4 heteroatoms. The fourth-order valence-electron chi connectivity index (χ4n) is 1.49. The van der Waals surface area contributed by atoms with E-state index < -0.39 is 6.04 Å². The highest BCUT2D eigenvalue weighted by atomic mass is 16.5. The minimum absolute atomic E-state index is 0.178. The van der Waals surface area contributed by atoms with Gasteiger partial charge in [-0.15, -0.1) is 0 Å². The highest BCUT2D eigenvalue weighted by Crippen LogP contribution is 2.30. The van der Waals surface area contributed by atoms with Crippen LogP contribution in [-0.2, 0) is 14.3 Å². The van der Waals surface area contributed by atoms with Gasteiger partial charge in [0, 0.05) is 6.92 Å². The van der Waals surface area contributed by atoms with Crippen molar-refractivity contribution in [1.29, 1.82) is 0 Å². The number of carbonyl (C=O) groups excluding carboxylic acids is 2. The fraction of sp³-hybridized carbons (Fsp3) is 0.778. The van der Waals surface area contributed by atoms with E-state index in [1.165, 1.54) is 14.0 Å². The van der Waals surface area contributed by atoms with Crippen molar-refractivity contribution in [3.8, 4) is 0 Å². The molecule has 1 rings (SSSR count). The van der Waals surface area contributed by atoms with Gasteiger partial charge < -0.3 is 10.1 Å². The molecule has 0 aromatic carbocycles. The van der Waals surface area contributed by atoms with Crippen LogP contribution in [0.1, 0.15) is 26.2 Å². The number of esters is 1. The smallest absolute Gasteiger partial charge is 0.328 e. The number of rotatable bonds is 3. The van der Waals surface area contributed by atoms with Crippen LogP contribution in [0, 0.1) is 5.92 Å². The first-order valence-corrected chi connectivity index (χ1v) is 4.50. The van der Waals surface area contributed by atoms with Gasteiger partial charge in [0.2, 0.25) is 5.91 Å². The second kappa shape index (κ2) is 4.25. The summed E-state index contributed by atoms with van der Waals surface area (Å²) in [5.41, 5.74) is 0. The molecule has 1 amide bonds. The number of carbonyl (C=O) groups is 2. The second-order valence-corrected chi connectivity index (χ2v) is 3.39. The van der Waals surface area contributed by atoms with Gasteiger partial charge in [-0.1, -0.05) is 6.42 Å². The Bertz CT molecular complexity index is 211. The summed E-state index contributed by atoms with van der Waals surface area (Å²) in [5, 5.41) is 2.62. The van der Waals surface area contributed by atoms with Crippen LogP contribution in [0.25, 0.3) is 0 Å². The highest BCUT2D eigenvalue weighted by Gasteiger charge is 2.33. The maximum Gasteiger partial charge on any atom is 0.328 e. The third-order valence-corrected chi connectivity index (χ3v) is 2.44. The lowest BCUT2D eigenvalue weighted by Gasteiger charge is -2.31. The van der Waals surface area contributed by atoms with Gasteiger partial charge in [0.25, 0.3) is 0 Å². The second-order valence-electron chi connectivity index (χ2n) is 3.39. The van der Waals surface area contributed by atoms with Crippen LogP contribution >= 0.6 is 0 Å². The molecule has 1 saturated carbocycles. The van der Waals surface area contributed by atoms with Crippen molar-refractivity contribution in [2.75, 3.05) is 7.11 Å². The van der Waals surface area contributed by atoms with Crippen molar-refractivity contribution < 1.29 is 14.3 Å². The van der Waals surface area contributed by atoms with E-state index in [1.807, 2.05) is 0 Å². The fourth-order valence-corrected chi connectivity index (χ4v) is 1.49. The predicted octanol–water partition coefficient (Wildman–Crippen LogP) is 0.464. The molecule has 0 aromatic rings. The van der Waals surface area contributed by atoms with Gasteiger partial charge in [-0.05, 0) is 18.8 Å². The van der Waals surface area contributed by atoms with Crippen molar-refractivity contribution in [2.24, 2.45) is 5.92 Å². The van der Waals surface area contributed by atoms with Gasteiger partial charge in [0.1, 0.15) is 6.04 Å². The van der Waals surface area contributed by atoms with Gasteiger partial charge in [0.15, 0.2) is 0 Å². The Morgan fingerprint density at radius 2 is 2.08 bits per heavy atom.